The van der Waals surface area contributed by atoms with Crippen molar-refractivity contribution in [2.24, 2.45) is 0 Å². The van der Waals surface area contributed by atoms with Crippen molar-refractivity contribution in [3.05, 3.63) is 46.2 Å². The van der Waals surface area contributed by atoms with Crippen molar-refractivity contribution < 1.29 is 14.2 Å². The molecule has 0 fully saturated rings. The molecule has 140 valence electrons. The third kappa shape index (κ3) is 3.95. The van der Waals surface area contributed by atoms with Crippen molar-refractivity contribution in [2.75, 3.05) is 20.8 Å². The summed E-state index contributed by atoms with van der Waals surface area (Å²) in [5.41, 5.74) is 2.63. The molecule has 0 radical (unpaired) electrons. The third-order valence-electron chi connectivity index (χ3n) is 3.96. The molecule has 1 aromatic heterocycles. The smallest absolute Gasteiger partial charge is 0.163 e. The first-order chi connectivity index (χ1) is 13.6. The average Bonchev–Trinajstić information content (AvgIpc) is 3.14. The molecular formula is C21H16BrN3O3. The number of H-pyrrole nitrogens is 1. The van der Waals surface area contributed by atoms with Crippen LogP contribution in [0.1, 0.15) is 11.4 Å². The van der Waals surface area contributed by atoms with E-state index >= 15 is 0 Å². The van der Waals surface area contributed by atoms with Gasteiger partial charge in [0.2, 0.25) is 0 Å². The van der Waals surface area contributed by atoms with Crippen LogP contribution in [0.15, 0.2) is 34.8 Å². The van der Waals surface area contributed by atoms with Crippen LogP contribution in [0, 0.1) is 23.7 Å². The predicted octanol–water partition coefficient (Wildman–Crippen LogP) is 4.42. The lowest BCUT2D eigenvalue weighted by Crippen LogP contribution is -1.97. The lowest BCUT2D eigenvalue weighted by molar-refractivity contribution is 0.330. The summed E-state index contributed by atoms with van der Waals surface area (Å²) in [6.45, 7) is 0.129. The topological polar surface area (TPSA) is 80.2 Å². The predicted molar refractivity (Wildman–Crippen MR) is 111 cm³/mol. The van der Waals surface area contributed by atoms with Gasteiger partial charge in [-0.25, -0.2) is 4.98 Å². The minimum absolute atomic E-state index is 0.129. The first-order valence-electron chi connectivity index (χ1n) is 8.19. The van der Waals surface area contributed by atoms with E-state index in [0.717, 1.165) is 21.1 Å². The summed E-state index contributed by atoms with van der Waals surface area (Å²) < 4.78 is 16.8. The quantitative estimate of drug-likeness (QED) is 0.455. The van der Waals surface area contributed by atoms with Gasteiger partial charge in [-0.2, -0.15) is 5.26 Å². The molecule has 3 rings (SSSR count). The Balaban J connectivity index is 2.03. The molecule has 0 bridgehead atoms. The number of hydrogen-bond donors (Lipinski definition) is 1. The molecule has 0 unspecified atom stereocenters. The van der Waals surface area contributed by atoms with Gasteiger partial charge in [0.05, 0.1) is 30.8 Å². The van der Waals surface area contributed by atoms with Gasteiger partial charge in [0.25, 0.3) is 0 Å². The van der Waals surface area contributed by atoms with Crippen molar-refractivity contribution in [2.45, 2.75) is 0 Å². The van der Waals surface area contributed by atoms with Crippen molar-refractivity contribution in [3.63, 3.8) is 0 Å². The molecule has 0 saturated heterocycles. The van der Waals surface area contributed by atoms with Crippen LogP contribution in [-0.4, -0.2) is 30.8 Å². The number of nitriles is 1. The zero-order valence-corrected chi connectivity index (χ0v) is 16.8. The summed E-state index contributed by atoms with van der Waals surface area (Å²) in [4.78, 5) is 7.64. The Kier molecular flexibility index (Phi) is 5.88. The van der Waals surface area contributed by atoms with Crippen molar-refractivity contribution in [3.8, 4) is 35.7 Å². The number of fused-ring (bicyclic) bond motifs is 1. The molecule has 0 aliphatic heterocycles. The number of halogens is 1. The average molecular weight is 438 g/mol. The second kappa shape index (κ2) is 8.51. The largest absolute Gasteiger partial charge is 0.497 e. The van der Waals surface area contributed by atoms with E-state index in [2.05, 4.69) is 37.9 Å². The Morgan fingerprint density at radius 2 is 2.07 bits per heavy atom. The molecule has 6 nitrogen and oxygen atoms in total. The highest BCUT2D eigenvalue weighted by Crippen LogP contribution is 2.35. The van der Waals surface area contributed by atoms with Gasteiger partial charge in [-0.3, -0.25) is 0 Å². The Morgan fingerprint density at radius 1 is 1.25 bits per heavy atom. The van der Waals surface area contributed by atoms with Gasteiger partial charge in [-0.15, -0.1) is 6.42 Å². The molecule has 0 spiro atoms. The highest BCUT2D eigenvalue weighted by molar-refractivity contribution is 9.10. The number of nitrogens with zero attached hydrogens (tertiary/aromatic N) is 2. The fourth-order valence-electron chi connectivity index (χ4n) is 2.61. The van der Waals surface area contributed by atoms with Crippen molar-refractivity contribution in [1.29, 1.82) is 5.26 Å². The first-order valence-corrected chi connectivity index (χ1v) is 8.98. The number of aromatic amines is 1. The summed E-state index contributed by atoms with van der Waals surface area (Å²) in [5.74, 6) is 4.61. The molecule has 2 aromatic carbocycles. The van der Waals surface area contributed by atoms with Crippen molar-refractivity contribution in [1.82, 2.24) is 9.97 Å². The maximum atomic E-state index is 9.66. The van der Waals surface area contributed by atoms with Crippen LogP contribution in [0.25, 0.3) is 22.7 Å². The van der Waals surface area contributed by atoms with Crippen LogP contribution in [0.4, 0.5) is 0 Å². The lowest BCUT2D eigenvalue weighted by Gasteiger charge is -2.11. The number of imidazole rings is 1. The monoisotopic (exact) mass is 437 g/mol. The van der Waals surface area contributed by atoms with Crippen LogP contribution in [0.5, 0.6) is 17.2 Å². The number of nitrogens with one attached hydrogen (secondary N) is 1. The molecule has 0 atom stereocenters. The number of aromatic nitrogens is 2. The molecule has 1 heterocycles. The van der Waals surface area contributed by atoms with Crippen LogP contribution in [0.3, 0.4) is 0 Å². The van der Waals surface area contributed by atoms with Crippen LogP contribution < -0.4 is 14.2 Å². The number of hydrogen-bond acceptors (Lipinski definition) is 5. The third-order valence-corrected chi connectivity index (χ3v) is 4.65. The Morgan fingerprint density at radius 3 is 2.75 bits per heavy atom. The van der Waals surface area contributed by atoms with Gasteiger partial charge in [0.1, 0.15) is 24.3 Å². The zero-order chi connectivity index (χ0) is 20.1. The van der Waals surface area contributed by atoms with Gasteiger partial charge in [-0.1, -0.05) is 21.9 Å². The van der Waals surface area contributed by atoms with Crippen molar-refractivity contribution >= 4 is 38.6 Å². The molecule has 1 N–H and O–H groups in total. The number of terminal acetylenes is 1. The van der Waals surface area contributed by atoms with E-state index in [1.807, 2.05) is 18.2 Å². The highest BCUT2D eigenvalue weighted by Gasteiger charge is 2.13. The van der Waals surface area contributed by atoms with Crippen LogP contribution >= 0.6 is 15.9 Å². The van der Waals surface area contributed by atoms with Crippen LogP contribution in [-0.2, 0) is 0 Å². The number of ether oxygens (including phenoxy) is 3. The van der Waals surface area contributed by atoms with Gasteiger partial charge in [0, 0.05) is 10.5 Å². The second-order valence-corrected chi connectivity index (χ2v) is 6.51. The van der Waals surface area contributed by atoms with E-state index in [1.165, 1.54) is 7.11 Å². The van der Waals surface area contributed by atoms with E-state index in [-0.39, 0.29) is 6.61 Å². The minimum Gasteiger partial charge on any atom is -0.497 e. The Labute approximate surface area is 170 Å². The number of benzene rings is 2. The fourth-order valence-corrected chi connectivity index (χ4v) is 3.04. The summed E-state index contributed by atoms with van der Waals surface area (Å²) in [5, 5.41) is 9.66. The molecule has 0 saturated carbocycles. The molecule has 0 aliphatic rings. The summed E-state index contributed by atoms with van der Waals surface area (Å²) in [6.07, 6.45) is 6.96. The summed E-state index contributed by atoms with van der Waals surface area (Å²) >= 11 is 3.50. The molecule has 7 heteroatoms. The van der Waals surface area contributed by atoms with E-state index in [9.17, 15) is 5.26 Å². The van der Waals surface area contributed by atoms with E-state index in [4.69, 9.17) is 20.6 Å². The summed E-state index contributed by atoms with van der Waals surface area (Å²) in [6, 6.07) is 11.2. The van der Waals surface area contributed by atoms with E-state index < -0.39 is 0 Å². The minimum atomic E-state index is 0.129. The Hall–Kier alpha value is -3.42. The second-order valence-electron chi connectivity index (χ2n) is 5.66. The molecular weight excluding hydrogens is 422 g/mol. The fraction of sp³-hybridized carbons (Fsp3) is 0.143. The molecule has 3 aromatic rings. The maximum Gasteiger partial charge on any atom is 0.163 e. The van der Waals surface area contributed by atoms with Gasteiger partial charge < -0.3 is 19.2 Å². The van der Waals surface area contributed by atoms with Gasteiger partial charge in [-0.05, 0) is 35.9 Å². The molecule has 28 heavy (non-hydrogen) atoms. The highest BCUT2D eigenvalue weighted by atomic mass is 79.9. The van der Waals surface area contributed by atoms with Gasteiger partial charge in [0.15, 0.2) is 11.5 Å². The lowest BCUT2D eigenvalue weighted by atomic mass is 10.1. The number of allylic oxidation sites excluding steroid dienone is 1. The molecule has 0 aliphatic carbocycles. The van der Waals surface area contributed by atoms with Gasteiger partial charge >= 0.3 is 0 Å². The zero-order valence-electron chi connectivity index (χ0n) is 15.2. The number of methoxy groups -OCH3 is 2. The number of rotatable bonds is 6. The first kappa shape index (κ1) is 19.3. The standard InChI is InChI=1S/C21H16BrN3O3/c1-4-7-28-20-11-16(22)13(9-19(20)27-3)8-14(12-23)21-24-17-6-5-15(26-2)10-18(17)25-21/h1,5-6,8-11H,7H2,2-3H3,(H,24,25)/b14-8-. The van der Waals surface area contributed by atoms with Crippen LogP contribution in [0.2, 0.25) is 0 Å². The van der Waals surface area contributed by atoms with E-state index in [0.29, 0.717) is 28.6 Å². The SMILES string of the molecule is C#CCOc1cc(Br)c(/C=C(/C#N)c2nc3ccc(OC)cc3[nH]2)cc1OC. The maximum absolute atomic E-state index is 9.66. The summed E-state index contributed by atoms with van der Waals surface area (Å²) in [7, 11) is 3.14. The normalized spacial score (nSPS) is 11.0. The molecule has 0 amide bonds. The van der Waals surface area contributed by atoms with E-state index in [1.54, 1.807) is 25.3 Å². The Bertz CT molecular complexity index is 1140.